The molecule has 3 rings (SSSR count). The van der Waals surface area contributed by atoms with Gasteiger partial charge in [0.15, 0.2) is 22.9 Å². The molecule has 10 nitrogen and oxygen atoms in total. The lowest BCUT2D eigenvalue weighted by molar-refractivity contribution is 0.0928. The van der Waals surface area contributed by atoms with Crippen LogP contribution in [0.5, 0.6) is 17.2 Å². The first-order chi connectivity index (χ1) is 14.6. The van der Waals surface area contributed by atoms with Gasteiger partial charge in [-0.2, -0.15) is 5.10 Å². The molecular weight excluding hydrogens is 390 g/mol. The third-order valence-electron chi connectivity index (χ3n) is 3.93. The number of urea groups is 1. The second-order valence-corrected chi connectivity index (χ2v) is 5.98. The van der Waals surface area contributed by atoms with E-state index in [0.717, 1.165) is 0 Å². The van der Waals surface area contributed by atoms with Crippen molar-refractivity contribution in [2.75, 3.05) is 20.3 Å². The highest BCUT2D eigenvalue weighted by atomic mass is 16.5. The number of hydrogen-bond acceptors (Lipinski definition) is 6. The van der Waals surface area contributed by atoms with Gasteiger partial charge in [0.2, 0.25) is 0 Å². The molecule has 3 amide bonds. The van der Waals surface area contributed by atoms with E-state index >= 15 is 0 Å². The summed E-state index contributed by atoms with van der Waals surface area (Å²) in [6.45, 7) is 0.387. The number of carbonyl (C=O) groups is 2. The average Bonchev–Trinajstić information content (AvgIpc) is 3.17. The van der Waals surface area contributed by atoms with Gasteiger partial charge in [0.1, 0.15) is 6.61 Å². The number of hydrazine groups is 1. The number of amides is 3. The van der Waals surface area contributed by atoms with E-state index in [4.69, 9.17) is 9.47 Å². The summed E-state index contributed by atoms with van der Waals surface area (Å²) >= 11 is 0. The maximum Gasteiger partial charge on any atom is 0.333 e. The second kappa shape index (κ2) is 9.82. The topological polar surface area (TPSA) is 127 Å². The van der Waals surface area contributed by atoms with Crippen molar-refractivity contribution in [2.45, 2.75) is 0 Å². The molecule has 0 spiro atoms. The first-order valence-electron chi connectivity index (χ1n) is 9.02. The van der Waals surface area contributed by atoms with Gasteiger partial charge in [0.05, 0.1) is 25.5 Å². The van der Waals surface area contributed by atoms with Crippen molar-refractivity contribution in [1.29, 1.82) is 0 Å². The fraction of sp³-hybridized carbons (Fsp3) is 0.150. The number of para-hydroxylation sites is 3. The Balaban J connectivity index is 1.44. The Morgan fingerprint density at radius 2 is 1.73 bits per heavy atom. The van der Waals surface area contributed by atoms with E-state index in [1.54, 1.807) is 36.4 Å². The average molecular weight is 411 g/mol. The summed E-state index contributed by atoms with van der Waals surface area (Å²) < 4.78 is 12.1. The molecule has 0 fully saturated rings. The molecule has 0 saturated heterocycles. The number of aromatic hydroxyl groups is 1. The Morgan fingerprint density at radius 3 is 2.47 bits per heavy atom. The summed E-state index contributed by atoms with van der Waals surface area (Å²) in [5, 5.41) is 16.5. The summed E-state index contributed by atoms with van der Waals surface area (Å²) in [4.78, 5) is 24.0. The molecule has 0 aliphatic rings. The zero-order valence-electron chi connectivity index (χ0n) is 16.2. The van der Waals surface area contributed by atoms with Crippen LogP contribution in [0.25, 0.3) is 5.69 Å². The molecule has 1 aromatic heterocycles. The number of rotatable bonds is 7. The zero-order chi connectivity index (χ0) is 21.3. The van der Waals surface area contributed by atoms with Crippen molar-refractivity contribution >= 4 is 11.9 Å². The number of hydrogen-bond donors (Lipinski definition) is 4. The van der Waals surface area contributed by atoms with Crippen molar-refractivity contribution in [1.82, 2.24) is 25.9 Å². The van der Waals surface area contributed by atoms with E-state index in [0.29, 0.717) is 17.2 Å². The minimum atomic E-state index is -0.761. The van der Waals surface area contributed by atoms with Gasteiger partial charge in [-0.05, 0) is 24.3 Å². The minimum absolute atomic E-state index is 0.188. The van der Waals surface area contributed by atoms with Crippen molar-refractivity contribution in [3.63, 3.8) is 0 Å². The smallest absolute Gasteiger partial charge is 0.333 e. The van der Waals surface area contributed by atoms with Crippen LogP contribution in [0.2, 0.25) is 0 Å². The largest absolute Gasteiger partial charge is 0.504 e. The van der Waals surface area contributed by atoms with E-state index in [9.17, 15) is 14.7 Å². The summed E-state index contributed by atoms with van der Waals surface area (Å²) in [6.07, 6.45) is 1.31. The number of methoxy groups -OCH3 is 1. The van der Waals surface area contributed by atoms with Crippen molar-refractivity contribution in [3.8, 4) is 22.9 Å². The molecule has 3 aromatic rings. The Kier molecular flexibility index (Phi) is 6.72. The maximum atomic E-state index is 12.2. The van der Waals surface area contributed by atoms with Crippen LogP contribution in [-0.2, 0) is 0 Å². The SMILES string of the molecule is COc1ccccc1OCCNC(=O)NNC(=O)c1nn(-c2ccccc2)cc1O. The Morgan fingerprint density at radius 1 is 1.03 bits per heavy atom. The van der Waals surface area contributed by atoms with Crippen LogP contribution in [0.1, 0.15) is 10.5 Å². The predicted octanol–water partition coefficient (Wildman–Crippen LogP) is 1.61. The Hall–Kier alpha value is -4.21. The number of nitrogens with one attached hydrogen (secondary N) is 3. The highest BCUT2D eigenvalue weighted by Gasteiger charge is 2.17. The van der Waals surface area contributed by atoms with Gasteiger partial charge < -0.3 is 19.9 Å². The van der Waals surface area contributed by atoms with Gasteiger partial charge in [-0.25, -0.2) is 14.9 Å². The molecule has 0 saturated carbocycles. The van der Waals surface area contributed by atoms with Crippen LogP contribution >= 0.6 is 0 Å². The number of carbonyl (C=O) groups excluding carboxylic acids is 2. The fourth-order valence-electron chi connectivity index (χ4n) is 2.52. The summed E-state index contributed by atoms with van der Waals surface area (Å²) in [7, 11) is 1.54. The molecule has 0 atom stereocenters. The van der Waals surface area contributed by atoms with Crippen LogP contribution in [0.4, 0.5) is 4.79 Å². The molecule has 0 aliphatic heterocycles. The number of nitrogens with zero attached hydrogens (tertiary/aromatic N) is 2. The normalized spacial score (nSPS) is 10.2. The highest BCUT2D eigenvalue weighted by molar-refractivity contribution is 5.95. The number of benzene rings is 2. The molecule has 0 bridgehead atoms. The molecule has 30 heavy (non-hydrogen) atoms. The van der Waals surface area contributed by atoms with Gasteiger partial charge in [-0.1, -0.05) is 30.3 Å². The summed E-state index contributed by atoms with van der Waals surface area (Å²) in [5.41, 5.74) is 4.82. The van der Waals surface area contributed by atoms with Crippen LogP contribution in [0, 0.1) is 0 Å². The van der Waals surface area contributed by atoms with Crippen molar-refractivity contribution < 1.29 is 24.2 Å². The quantitative estimate of drug-likeness (QED) is 0.346. The molecular formula is C20H21N5O5. The first kappa shape index (κ1) is 20.5. The van der Waals surface area contributed by atoms with Crippen molar-refractivity contribution in [2.24, 2.45) is 0 Å². The van der Waals surface area contributed by atoms with Gasteiger partial charge in [0, 0.05) is 0 Å². The van der Waals surface area contributed by atoms with E-state index in [1.165, 1.54) is 18.0 Å². The molecule has 0 radical (unpaired) electrons. The number of aromatic nitrogens is 2. The fourth-order valence-corrected chi connectivity index (χ4v) is 2.52. The Labute approximate surface area is 172 Å². The van der Waals surface area contributed by atoms with Crippen LogP contribution < -0.4 is 25.6 Å². The summed E-state index contributed by atoms with van der Waals surface area (Å²) in [5.74, 6) is 0.0651. The molecule has 0 aliphatic carbocycles. The lowest BCUT2D eigenvalue weighted by Crippen LogP contribution is -2.47. The van der Waals surface area contributed by atoms with Gasteiger partial charge in [-0.3, -0.25) is 10.2 Å². The first-order valence-corrected chi connectivity index (χ1v) is 9.02. The lowest BCUT2D eigenvalue weighted by atomic mass is 10.3. The van der Waals surface area contributed by atoms with E-state index in [2.05, 4.69) is 21.3 Å². The highest BCUT2D eigenvalue weighted by Crippen LogP contribution is 2.25. The third kappa shape index (κ3) is 5.19. The Bertz CT molecular complexity index is 1010. The van der Waals surface area contributed by atoms with Gasteiger partial charge in [-0.15, -0.1) is 0 Å². The van der Waals surface area contributed by atoms with Crippen LogP contribution in [-0.4, -0.2) is 47.1 Å². The molecule has 2 aromatic carbocycles. The lowest BCUT2D eigenvalue weighted by Gasteiger charge is -2.11. The van der Waals surface area contributed by atoms with E-state index in [-0.39, 0.29) is 24.6 Å². The third-order valence-corrected chi connectivity index (χ3v) is 3.93. The maximum absolute atomic E-state index is 12.2. The standard InChI is InChI=1S/C20H21N5O5/c1-29-16-9-5-6-10-17(16)30-12-11-21-20(28)23-22-19(27)18-15(26)13-25(24-18)14-7-3-2-4-8-14/h2-10,13,26H,11-12H2,1H3,(H,22,27)(H2,21,23,28). The number of ether oxygens (including phenoxy) is 2. The second-order valence-electron chi connectivity index (χ2n) is 5.98. The molecule has 0 unspecified atom stereocenters. The molecule has 4 N–H and O–H groups in total. The van der Waals surface area contributed by atoms with Crippen LogP contribution in [0.15, 0.2) is 60.8 Å². The minimum Gasteiger partial charge on any atom is -0.504 e. The predicted molar refractivity (Wildman–Crippen MR) is 108 cm³/mol. The monoisotopic (exact) mass is 411 g/mol. The summed E-state index contributed by atoms with van der Waals surface area (Å²) in [6, 6.07) is 15.5. The van der Waals surface area contributed by atoms with E-state index < -0.39 is 11.9 Å². The van der Waals surface area contributed by atoms with E-state index in [1.807, 2.05) is 18.2 Å². The van der Waals surface area contributed by atoms with Gasteiger partial charge >= 0.3 is 6.03 Å². The zero-order valence-corrected chi connectivity index (χ0v) is 16.2. The molecule has 10 heteroatoms. The molecule has 1 heterocycles. The molecule has 156 valence electrons. The van der Waals surface area contributed by atoms with Gasteiger partial charge in [0.25, 0.3) is 5.91 Å². The van der Waals surface area contributed by atoms with Crippen molar-refractivity contribution in [3.05, 3.63) is 66.5 Å². The van der Waals surface area contributed by atoms with Crippen LogP contribution in [0.3, 0.4) is 0 Å².